The number of carbonyl (C=O) groups is 1. The number of fused-ring (bicyclic) bond motifs is 1. The van der Waals surface area contributed by atoms with Crippen LogP contribution in [0.1, 0.15) is 20.3 Å². The Morgan fingerprint density at radius 1 is 1.21 bits per heavy atom. The molecule has 0 aliphatic heterocycles. The maximum absolute atomic E-state index is 11.7. The predicted octanol–water partition coefficient (Wildman–Crippen LogP) is 4.43. The lowest BCUT2D eigenvalue weighted by Gasteiger charge is -2.12. The molecule has 0 unspecified atom stereocenters. The van der Waals surface area contributed by atoms with Crippen LogP contribution in [0.5, 0.6) is 0 Å². The second kappa shape index (κ2) is 6.23. The first kappa shape index (κ1) is 13.4. The Bertz CT molecular complexity index is 560. The van der Waals surface area contributed by atoms with Crippen LogP contribution in [-0.4, -0.2) is 12.7 Å². The van der Waals surface area contributed by atoms with E-state index in [1.54, 1.807) is 0 Å². The molecular formula is C16H19NO2. The van der Waals surface area contributed by atoms with Gasteiger partial charge < -0.3 is 4.74 Å². The molecule has 0 saturated carbocycles. The van der Waals surface area contributed by atoms with Crippen molar-refractivity contribution >= 4 is 22.6 Å². The van der Waals surface area contributed by atoms with E-state index in [4.69, 9.17) is 4.74 Å². The standard InChI is InChI=1S/C16H19NO2/c1-3-12(2)11-19-16(18)17-15-10-6-8-13-7-4-5-9-14(13)15/h4-10,12H,3,11H2,1-2H3,(H,17,18)/t12-/m1/s1. The van der Waals surface area contributed by atoms with Crippen molar-refractivity contribution in [2.24, 2.45) is 5.92 Å². The highest BCUT2D eigenvalue weighted by molar-refractivity contribution is 6.00. The Morgan fingerprint density at radius 2 is 1.95 bits per heavy atom. The van der Waals surface area contributed by atoms with Crippen LogP contribution in [0.2, 0.25) is 0 Å². The highest BCUT2D eigenvalue weighted by Crippen LogP contribution is 2.23. The molecule has 100 valence electrons. The third-order valence-corrected chi connectivity index (χ3v) is 3.22. The Balaban J connectivity index is 2.07. The number of hydrogen-bond acceptors (Lipinski definition) is 2. The summed E-state index contributed by atoms with van der Waals surface area (Å²) >= 11 is 0. The maximum atomic E-state index is 11.7. The summed E-state index contributed by atoms with van der Waals surface area (Å²) in [6.45, 7) is 4.59. The number of anilines is 1. The van der Waals surface area contributed by atoms with Crippen LogP contribution >= 0.6 is 0 Å². The first-order chi connectivity index (χ1) is 9.20. The minimum atomic E-state index is -0.392. The van der Waals surface area contributed by atoms with Crippen molar-refractivity contribution in [3.63, 3.8) is 0 Å². The minimum absolute atomic E-state index is 0.387. The first-order valence-corrected chi connectivity index (χ1v) is 6.62. The minimum Gasteiger partial charge on any atom is -0.449 e. The first-order valence-electron chi connectivity index (χ1n) is 6.62. The highest BCUT2D eigenvalue weighted by atomic mass is 16.5. The van der Waals surface area contributed by atoms with Gasteiger partial charge in [-0.1, -0.05) is 56.7 Å². The summed E-state index contributed by atoms with van der Waals surface area (Å²) in [5.41, 5.74) is 0.784. The van der Waals surface area contributed by atoms with Gasteiger partial charge in [-0.15, -0.1) is 0 Å². The van der Waals surface area contributed by atoms with Crippen molar-refractivity contribution in [1.82, 2.24) is 0 Å². The molecule has 3 nitrogen and oxygen atoms in total. The van der Waals surface area contributed by atoms with Crippen LogP contribution in [0.3, 0.4) is 0 Å². The zero-order valence-electron chi connectivity index (χ0n) is 11.3. The van der Waals surface area contributed by atoms with E-state index in [2.05, 4.69) is 19.2 Å². The molecule has 19 heavy (non-hydrogen) atoms. The fraction of sp³-hybridized carbons (Fsp3) is 0.312. The molecule has 1 atom stereocenters. The van der Waals surface area contributed by atoms with E-state index in [-0.39, 0.29) is 0 Å². The summed E-state index contributed by atoms with van der Waals surface area (Å²) in [7, 11) is 0. The second-order valence-electron chi connectivity index (χ2n) is 4.76. The number of benzene rings is 2. The number of hydrogen-bond donors (Lipinski definition) is 1. The summed E-state index contributed by atoms with van der Waals surface area (Å²) in [4.78, 5) is 11.7. The van der Waals surface area contributed by atoms with Crippen LogP contribution in [-0.2, 0) is 4.74 Å². The summed E-state index contributed by atoms with van der Waals surface area (Å²) in [5, 5.41) is 4.92. The predicted molar refractivity (Wildman–Crippen MR) is 78.4 cm³/mol. The van der Waals surface area contributed by atoms with Crippen molar-refractivity contribution in [2.45, 2.75) is 20.3 Å². The lowest BCUT2D eigenvalue weighted by atomic mass is 10.1. The van der Waals surface area contributed by atoms with Crippen molar-refractivity contribution in [2.75, 3.05) is 11.9 Å². The van der Waals surface area contributed by atoms with Gasteiger partial charge >= 0.3 is 6.09 Å². The van der Waals surface area contributed by atoms with Crippen molar-refractivity contribution < 1.29 is 9.53 Å². The van der Waals surface area contributed by atoms with E-state index in [1.807, 2.05) is 42.5 Å². The number of carbonyl (C=O) groups excluding carboxylic acids is 1. The van der Waals surface area contributed by atoms with Gasteiger partial charge in [0.15, 0.2) is 0 Å². The van der Waals surface area contributed by atoms with E-state index in [9.17, 15) is 4.79 Å². The van der Waals surface area contributed by atoms with Crippen LogP contribution in [0, 0.1) is 5.92 Å². The van der Waals surface area contributed by atoms with Crippen molar-refractivity contribution in [3.05, 3.63) is 42.5 Å². The van der Waals surface area contributed by atoms with E-state index < -0.39 is 6.09 Å². The molecule has 2 rings (SSSR count). The zero-order valence-corrected chi connectivity index (χ0v) is 11.3. The molecule has 0 radical (unpaired) electrons. The molecule has 0 aliphatic carbocycles. The monoisotopic (exact) mass is 257 g/mol. The molecule has 0 aromatic heterocycles. The van der Waals surface area contributed by atoms with E-state index in [0.717, 1.165) is 22.9 Å². The lowest BCUT2D eigenvalue weighted by Crippen LogP contribution is -2.17. The van der Waals surface area contributed by atoms with Crippen LogP contribution in [0.4, 0.5) is 10.5 Å². The van der Waals surface area contributed by atoms with Gasteiger partial charge in [-0.3, -0.25) is 5.32 Å². The maximum Gasteiger partial charge on any atom is 0.411 e. The number of nitrogens with one attached hydrogen (secondary N) is 1. The number of rotatable bonds is 4. The molecule has 3 heteroatoms. The molecular weight excluding hydrogens is 238 g/mol. The average Bonchev–Trinajstić information content (AvgIpc) is 2.45. The van der Waals surface area contributed by atoms with Crippen LogP contribution < -0.4 is 5.32 Å². The molecule has 0 spiro atoms. The Labute approximate surface area is 113 Å². The SMILES string of the molecule is CC[C@@H](C)COC(=O)Nc1cccc2ccccc12. The summed E-state index contributed by atoms with van der Waals surface area (Å²) in [6, 6.07) is 13.8. The Morgan fingerprint density at radius 3 is 2.74 bits per heavy atom. The third kappa shape index (κ3) is 3.47. The van der Waals surface area contributed by atoms with Gasteiger partial charge in [-0.25, -0.2) is 4.79 Å². The van der Waals surface area contributed by atoms with E-state index in [1.165, 1.54) is 0 Å². The van der Waals surface area contributed by atoms with Gasteiger partial charge in [0.25, 0.3) is 0 Å². The van der Waals surface area contributed by atoms with Gasteiger partial charge in [-0.2, -0.15) is 0 Å². The van der Waals surface area contributed by atoms with Gasteiger partial charge in [0.1, 0.15) is 0 Å². The summed E-state index contributed by atoms with van der Waals surface area (Å²) in [6.07, 6.45) is 0.610. The molecule has 0 saturated heterocycles. The molecule has 2 aromatic rings. The van der Waals surface area contributed by atoms with E-state index in [0.29, 0.717) is 12.5 Å². The normalized spacial score (nSPS) is 12.1. The topological polar surface area (TPSA) is 38.3 Å². The molecule has 0 aliphatic rings. The molecule has 0 heterocycles. The molecule has 1 N–H and O–H groups in total. The second-order valence-corrected chi connectivity index (χ2v) is 4.76. The van der Waals surface area contributed by atoms with Gasteiger partial charge in [-0.05, 0) is 17.4 Å². The fourth-order valence-corrected chi connectivity index (χ4v) is 1.82. The zero-order chi connectivity index (χ0) is 13.7. The molecule has 2 aromatic carbocycles. The smallest absolute Gasteiger partial charge is 0.411 e. The Hall–Kier alpha value is -2.03. The highest BCUT2D eigenvalue weighted by Gasteiger charge is 2.08. The van der Waals surface area contributed by atoms with Crippen LogP contribution in [0.25, 0.3) is 10.8 Å². The van der Waals surface area contributed by atoms with Crippen molar-refractivity contribution in [3.8, 4) is 0 Å². The molecule has 0 fully saturated rings. The molecule has 1 amide bonds. The summed E-state index contributed by atoms with van der Waals surface area (Å²) < 4.78 is 5.20. The van der Waals surface area contributed by atoms with Gasteiger partial charge in [0.2, 0.25) is 0 Å². The van der Waals surface area contributed by atoms with Crippen LogP contribution in [0.15, 0.2) is 42.5 Å². The Kier molecular flexibility index (Phi) is 4.39. The lowest BCUT2D eigenvalue weighted by molar-refractivity contribution is 0.143. The number of amides is 1. The van der Waals surface area contributed by atoms with Gasteiger partial charge in [0.05, 0.1) is 12.3 Å². The quantitative estimate of drug-likeness (QED) is 0.879. The summed E-state index contributed by atoms with van der Waals surface area (Å²) in [5.74, 6) is 0.387. The van der Waals surface area contributed by atoms with Crippen molar-refractivity contribution in [1.29, 1.82) is 0 Å². The fourth-order valence-electron chi connectivity index (χ4n) is 1.82. The largest absolute Gasteiger partial charge is 0.449 e. The number of ether oxygens (including phenoxy) is 1. The van der Waals surface area contributed by atoms with Gasteiger partial charge in [0, 0.05) is 5.39 Å². The third-order valence-electron chi connectivity index (χ3n) is 3.22. The van der Waals surface area contributed by atoms with E-state index >= 15 is 0 Å². The average molecular weight is 257 g/mol. The molecule has 0 bridgehead atoms.